The molecular formula is C24H25N3O4S. The first-order chi connectivity index (χ1) is 15.2. The van der Waals surface area contributed by atoms with E-state index in [-0.39, 0.29) is 23.3 Å². The summed E-state index contributed by atoms with van der Waals surface area (Å²) in [7, 11) is -0.885. The highest BCUT2D eigenvalue weighted by molar-refractivity contribution is 7.89. The quantitative estimate of drug-likeness (QED) is 0.595. The Morgan fingerprint density at radius 2 is 1.44 bits per heavy atom. The highest BCUT2D eigenvalue weighted by Gasteiger charge is 2.25. The summed E-state index contributed by atoms with van der Waals surface area (Å²) in [5, 5.41) is 2.59. The lowest BCUT2D eigenvalue weighted by atomic mass is 10.0. The molecule has 3 rings (SSSR count). The summed E-state index contributed by atoms with van der Waals surface area (Å²) in [6, 6.07) is 23.0. The third-order valence-electron chi connectivity index (χ3n) is 4.97. The molecule has 0 aliphatic carbocycles. The fourth-order valence-electron chi connectivity index (χ4n) is 3.24. The zero-order valence-corrected chi connectivity index (χ0v) is 19.0. The summed E-state index contributed by atoms with van der Waals surface area (Å²) in [5.41, 5.74) is 3.02. The Bertz CT molecular complexity index is 1210. The predicted molar refractivity (Wildman–Crippen MR) is 126 cm³/mol. The number of carbonyl (C=O) groups is 2. The van der Waals surface area contributed by atoms with Crippen LogP contribution in [0.4, 0.5) is 11.4 Å². The Kier molecular flexibility index (Phi) is 7.07. The largest absolute Gasteiger partial charge is 0.326 e. The van der Waals surface area contributed by atoms with E-state index in [4.69, 9.17) is 0 Å². The number of sulfonamides is 1. The van der Waals surface area contributed by atoms with Gasteiger partial charge in [0.1, 0.15) is 0 Å². The third kappa shape index (κ3) is 5.22. The van der Waals surface area contributed by atoms with E-state index in [9.17, 15) is 18.0 Å². The molecule has 0 heterocycles. The highest BCUT2D eigenvalue weighted by Crippen LogP contribution is 2.30. The molecule has 3 aromatic rings. The van der Waals surface area contributed by atoms with Gasteiger partial charge in [-0.3, -0.25) is 9.59 Å². The summed E-state index contributed by atoms with van der Waals surface area (Å²) in [6.45, 7) is 1.05. The third-order valence-corrected chi connectivity index (χ3v) is 6.78. The molecule has 0 fully saturated rings. The molecular weight excluding hydrogens is 426 g/mol. The summed E-state index contributed by atoms with van der Waals surface area (Å²) in [6.07, 6.45) is 0. The summed E-state index contributed by atoms with van der Waals surface area (Å²) >= 11 is 0. The van der Waals surface area contributed by atoms with Crippen LogP contribution in [0.1, 0.15) is 6.92 Å². The molecule has 3 aromatic carbocycles. The van der Waals surface area contributed by atoms with Crippen molar-refractivity contribution in [3.05, 3.63) is 78.9 Å². The van der Waals surface area contributed by atoms with Crippen molar-refractivity contribution in [2.75, 3.05) is 30.9 Å². The first-order valence-electron chi connectivity index (χ1n) is 9.95. The van der Waals surface area contributed by atoms with E-state index in [1.165, 1.54) is 43.1 Å². The number of benzene rings is 3. The number of hydrogen-bond donors (Lipinski definition) is 1. The smallest absolute Gasteiger partial charge is 0.243 e. The van der Waals surface area contributed by atoms with Crippen LogP contribution in [-0.4, -0.2) is 45.2 Å². The lowest BCUT2D eigenvalue weighted by Gasteiger charge is -2.24. The van der Waals surface area contributed by atoms with E-state index < -0.39 is 10.0 Å². The van der Waals surface area contributed by atoms with Gasteiger partial charge in [-0.1, -0.05) is 48.5 Å². The molecule has 0 saturated heterocycles. The molecule has 0 aliphatic heterocycles. The number of nitrogens with zero attached hydrogens (tertiary/aromatic N) is 2. The van der Waals surface area contributed by atoms with Gasteiger partial charge >= 0.3 is 0 Å². The molecule has 0 unspecified atom stereocenters. The first-order valence-corrected chi connectivity index (χ1v) is 11.4. The Balaban J connectivity index is 1.78. The summed E-state index contributed by atoms with van der Waals surface area (Å²) < 4.78 is 26.9. The maximum Gasteiger partial charge on any atom is 0.243 e. The Morgan fingerprint density at radius 3 is 2.06 bits per heavy atom. The van der Waals surface area contributed by atoms with Gasteiger partial charge in [-0.25, -0.2) is 8.42 Å². The predicted octanol–water partition coefficient (Wildman–Crippen LogP) is 3.60. The summed E-state index contributed by atoms with van der Waals surface area (Å²) in [5.74, 6) is -0.614. The van der Waals surface area contributed by atoms with Crippen LogP contribution in [-0.2, 0) is 19.6 Å². The molecule has 0 bridgehead atoms. The fraction of sp³-hybridized carbons (Fsp3) is 0.167. The van der Waals surface area contributed by atoms with Gasteiger partial charge in [0.05, 0.1) is 17.1 Å². The molecule has 0 spiro atoms. The number of amides is 2. The van der Waals surface area contributed by atoms with Crippen LogP contribution in [0, 0.1) is 0 Å². The van der Waals surface area contributed by atoms with E-state index >= 15 is 0 Å². The van der Waals surface area contributed by atoms with E-state index in [1.54, 1.807) is 7.05 Å². The van der Waals surface area contributed by atoms with Gasteiger partial charge < -0.3 is 10.2 Å². The molecule has 32 heavy (non-hydrogen) atoms. The molecule has 166 valence electrons. The van der Waals surface area contributed by atoms with Crippen LogP contribution in [0.5, 0.6) is 0 Å². The molecule has 2 amide bonds. The minimum absolute atomic E-state index is 0.0363. The average Bonchev–Trinajstić information content (AvgIpc) is 2.79. The lowest BCUT2D eigenvalue weighted by molar-refractivity contribution is -0.118. The van der Waals surface area contributed by atoms with Gasteiger partial charge in [-0.05, 0) is 35.9 Å². The molecule has 7 nitrogen and oxygen atoms in total. The van der Waals surface area contributed by atoms with Crippen molar-refractivity contribution in [1.82, 2.24) is 4.31 Å². The monoisotopic (exact) mass is 451 g/mol. The number of hydrogen-bond acceptors (Lipinski definition) is 4. The molecule has 8 heteroatoms. The van der Waals surface area contributed by atoms with E-state index in [0.717, 1.165) is 15.4 Å². The van der Waals surface area contributed by atoms with Crippen molar-refractivity contribution in [2.45, 2.75) is 11.8 Å². The number of likely N-dealkylation sites (N-methyl/N-ethyl adjacent to an activating group) is 2. The maximum absolute atomic E-state index is 13.0. The van der Waals surface area contributed by atoms with E-state index in [0.29, 0.717) is 11.4 Å². The molecule has 0 aliphatic rings. The van der Waals surface area contributed by atoms with Crippen molar-refractivity contribution >= 4 is 33.2 Å². The minimum atomic E-state index is -3.88. The fourth-order valence-corrected chi connectivity index (χ4v) is 4.36. The van der Waals surface area contributed by atoms with Crippen molar-refractivity contribution in [2.24, 2.45) is 0 Å². The van der Waals surface area contributed by atoms with Crippen LogP contribution in [0.3, 0.4) is 0 Å². The summed E-state index contributed by atoms with van der Waals surface area (Å²) in [4.78, 5) is 25.6. The molecule has 0 saturated carbocycles. The van der Waals surface area contributed by atoms with Gasteiger partial charge in [-0.2, -0.15) is 4.31 Å². The van der Waals surface area contributed by atoms with Crippen LogP contribution >= 0.6 is 0 Å². The Labute approximate surface area is 188 Å². The van der Waals surface area contributed by atoms with E-state index in [1.807, 2.05) is 54.6 Å². The van der Waals surface area contributed by atoms with Crippen molar-refractivity contribution in [3.63, 3.8) is 0 Å². The second kappa shape index (κ2) is 9.76. The van der Waals surface area contributed by atoms with Crippen LogP contribution in [0.25, 0.3) is 11.1 Å². The zero-order valence-electron chi connectivity index (χ0n) is 18.1. The van der Waals surface area contributed by atoms with Crippen LogP contribution in [0.15, 0.2) is 83.8 Å². The van der Waals surface area contributed by atoms with Crippen molar-refractivity contribution in [1.29, 1.82) is 0 Å². The van der Waals surface area contributed by atoms with E-state index in [2.05, 4.69) is 5.32 Å². The maximum atomic E-state index is 13.0. The Hall–Kier alpha value is -3.49. The van der Waals surface area contributed by atoms with Crippen molar-refractivity contribution in [3.8, 4) is 11.1 Å². The lowest BCUT2D eigenvalue weighted by Crippen LogP contribution is -2.39. The van der Waals surface area contributed by atoms with Crippen molar-refractivity contribution < 1.29 is 18.0 Å². The van der Waals surface area contributed by atoms with Gasteiger partial charge in [-0.15, -0.1) is 0 Å². The normalized spacial score (nSPS) is 11.2. The van der Waals surface area contributed by atoms with Gasteiger partial charge in [0, 0.05) is 32.3 Å². The molecule has 1 N–H and O–H groups in total. The van der Waals surface area contributed by atoms with Gasteiger partial charge in [0.2, 0.25) is 21.8 Å². The highest BCUT2D eigenvalue weighted by atomic mass is 32.2. The Morgan fingerprint density at radius 1 is 0.844 bits per heavy atom. The molecule has 0 atom stereocenters. The zero-order chi connectivity index (χ0) is 23.3. The van der Waals surface area contributed by atoms with Gasteiger partial charge in [0.25, 0.3) is 0 Å². The standard InChI is InChI=1S/C24H25N3O4S/c1-18(28)25-20-13-15-21(16-14-20)32(30,31)26(2)17-24(29)27(3)23-12-8-7-11-22(23)19-9-5-4-6-10-19/h4-16H,17H2,1-3H3,(H,25,28). The van der Waals surface area contributed by atoms with Crippen LogP contribution in [0.2, 0.25) is 0 Å². The molecule has 0 radical (unpaired) electrons. The molecule has 0 aromatic heterocycles. The second-order valence-electron chi connectivity index (χ2n) is 7.30. The average molecular weight is 452 g/mol. The number of nitrogens with one attached hydrogen (secondary N) is 1. The van der Waals surface area contributed by atoms with Gasteiger partial charge in [0.15, 0.2) is 0 Å². The second-order valence-corrected chi connectivity index (χ2v) is 9.35. The SMILES string of the molecule is CC(=O)Nc1ccc(S(=O)(=O)N(C)CC(=O)N(C)c2ccccc2-c2ccccc2)cc1. The topological polar surface area (TPSA) is 86.8 Å². The number of carbonyl (C=O) groups excluding carboxylic acids is 2. The number of anilines is 2. The van der Waals surface area contributed by atoms with Crippen LogP contribution < -0.4 is 10.2 Å². The first kappa shape index (κ1) is 23.2. The minimum Gasteiger partial charge on any atom is -0.326 e. The number of para-hydroxylation sites is 1. The number of rotatable bonds is 7.